The molecular weight excluding hydrogens is 372 g/mol. The number of carboxylic acid groups (broad SMARTS) is 1. The Labute approximate surface area is 159 Å². The monoisotopic (exact) mass is 398 g/mol. The van der Waals surface area contributed by atoms with Crippen LogP contribution in [0.15, 0.2) is 29.2 Å². The van der Waals surface area contributed by atoms with E-state index in [0.717, 1.165) is 0 Å². The Morgan fingerprint density at radius 2 is 1.78 bits per heavy atom. The summed E-state index contributed by atoms with van der Waals surface area (Å²) < 4.78 is 31.9. The highest BCUT2D eigenvalue weighted by Gasteiger charge is 2.33. The standard InChI is InChI=1S/C18H26N2O6S/c1-18(2,12-26-3)19-16(21)13-8-10-20(11-9-13)27(24,25)15-6-4-14(5-7-15)17(22)23/h4-7,13H,8-12H2,1-3H3,(H,19,21)(H,22,23). The number of benzene rings is 1. The molecule has 1 fully saturated rings. The highest BCUT2D eigenvalue weighted by Crippen LogP contribution is 2.24. The molecule has 1 aliphatic rings. The van der Waals surface area contributed by atoms with Crippen LogP contribution in [0.3, 0.4) is 0 Å². The zero-order valence-corrected chi connectivity index (χ0v) is 16.6. The van der Waals surface area contributed by atoms with E-state index in [0.29, 0.717) is 19.4 Å². The van der Waals surface area contributed by atoms with E-state index in [2.05, 4.69) is 5.32 Å². The molecule has 0 saturated carbocycles. The van der Waals surface area contributed by atoms with Gasteiger partial charge in [0.05, 0.1) is 22.6 Å². The van der Waals surface area contributed by atoms with E-state index < -0.39 is 21.5 Å². The van der Waals surface area contributed by atoms with Crippen LogP contribution in [0.4, 0.5) is 0 Å². The second-order valence-corrected chi connectivity index (χ2v) is 9.25. The number of ether oxygens (including phenoxy) is 1. The maximum absolute atomic E-state index is 12.7. The number of nitrogens with one attached hydrogen (secondary N) is 1. The van der Waals surface area contributed by atoms with Gasteiger partial charge in [0.25, 0.3) is 0 Å². The summed E-state index contributed by atoms with van der Waals surface area (Å²) in [6.45, 7) is 4.61. The van der Waals surface area contributed by atoms with Crippen LogP contribution in [-0.4, -0.2) is 62.1 Å². The van der Waals surface area contributed by atoms with Crippen LogP contribution in [0.2, 0.25) is 0 Å². The zero-order chi connectivity index (χ0) is 20.2. The molecule has 0 aromatic heterocycles. The third kappa shape index (κ3) is 5.27. The Morgan fingerprint density at radius 1 is 1.22 bits per heavy atom. The maximum Gasteiger partial charge on any atom is 0.335 e. The van der Waals surface area contributed by atoms with Crippen LogP contribution in [0.25, 0.3) is 0 Å². The van der Waals surface area contributed by atoms with Crippen molar-refractivity contribution < 1.29 is 27.9 Å². The SMILES string of the molecule is COCC(C)(C)NC(=O)C1CCN(S(=O)(=O)c2ccc(C(=O)O)cc2)CC1. The molecule has 9 heteroatoms. The molecule has 0 unspecified atom stereocenters. The Bertz CT molecular complexity index is 781. The number of aromatic carboxylic acids is 1. The summed E-state index contributed by atoms with van der Waals surface area (Å²) >= 11 is 0. The average Bonchev–Trinajstić information content (AvgIpc) is 2.61. The van der Waals surface area contributed by atoms with E-state index in [4.69, 9.17) is 9.84 Å². The van der Waals surface area contributed by atoms with Crippen molar-refractivity contribution in [2.75, 3.05) is 26.8 Å². The number of amides is 1. The van der Waals surface area contributed by atoms with Gasteiger partial charge >= 0.3 is 5.97 Å². The lowest BCUT2D eigenvalue weighted by molar-refractivity contribution is -0.128. The average molecular weight is 398 g/mol. The number of sulfonamides is 1. The first-order valence-corrected chi connectivity index (χ1v) is 10.2. The van der Waals surface area contributed by atoms with Crippen molar-refractivity contribution in [1.82, 2.24) is 9.62 Å². The van der Waals surface area contributed by atoms with Gasteiger partial charge in [0.1, 0.15) is 0 Å². The summed E-state index contributed by atoms with van der Waals surface area (Å²) in [5.41, 5.74) is -0.455. The minimum absolute atomic E-state index is 0.0306. The number of carbonyl (C=O) groups excluding carboxylic acids is 1. The molecule has 2 rings (SSSR count). The minimum Gasteiger partial charge on any atom is -0.478 e. The van der Waals surface area contributed by atoms with Crippen molar-refractivity contribution in [1.29, 1.82) is 0 Å². The highest BCUT2D eigenvalue weighted by molar-refractivity contribution is 7.89. The van der Waals surface area contributed by atoms with Gasteiger partial charge in [-0.25, -0.2) is 13.2 Å². The molecule has 8 nitrogen and oxygen atoms in total. The van der Waals surface area contributed by atoms with Crippen molar-refractivity contribution in [2.45, 2.75) is 37.1 Å². The summed E-state index contributed by atoms with van der Waals surface area (Å²) in [7, 11) is -2.14. The molecular formula is C18H26N2O6S. The molecule has 0 spiro atoms. The fraction of sp³-hybridized carbons (Fsp3) is 0.556. The number of carbonyl (C=O) groups is 2. The van der Waals surface area contributed by atoms with Crippen molar-refractivity contribution in [3.8, 4) is 0 Å². The number of hydrogen-bond donors (Lipinski definition) is 2. The number of carboxylic acids is 1. The van der Waals surface area contributed by atoms with Gasteiger partial charge in [-0.1, -0.05) is 0 Å². The summed E-state index contributed by atoms with van der Waals surface area (Å²) in [5.74, 6) is -1.45. The van der Waals surface area contributed by atoms with Crippen LogP contribution in [0.5, 0.6) is 0 Å². The quantitative estimate of drug-likeness (QED) is 0.716. The zero-order valence-electron chi connectivity index (χ0n) is 15.8. The molecule has 1 saturated heterocycles. The normalized spacial score (nSPS) is 16.9. The molecule has 2 N–H and O–H groups in total. The first kappa shape index (κ1) is 21.3. The van der Waals surface area contributed by atoms with Gasteiger partial charge in [0.15, 0.2) is 0 Å². The number of rotatable bonds is 7. The summed E-state index contributed by atoms with van der Waals surface area (Å²) in [4.78, 5) is 23.4. The number of hydrogen-bond acceptors (Lipinski definition) is 5. The van der Waals surface area contributed by atoms with Gasteiger partial charge in [-0.05, 0) is 51.0 Å². The molecule has 150 valence electrons. The smallest absolute Gasteiger partial charge is 0.335 e. The molecule has 0 bridgehead atoms. The summed E-state index contributed by atoms with van der Waals surface area (Å²) in [5, 5.41) is 11.9. The van der Waals surface area contributed by atoms with Crippen LogP contribution in [0.1, 0.15) is 37.0 Å². The van der Waals surface area contributed by atoms with Crippen molar-refractivity contribution >= 4 is 21.9 Å². The minimum atomic E-state index is -3.71. The molecule has 0 aliphatic carbocycles. The topological polar surface area (TPSA) is 113 Å². The predicted molar refractivity (Wildman–Crippen MR) is 99.0 cm³/mol. The Hall–Kier alpha value is -1.97. The predicted octanol–water partition coefficient (Wildman–Crippen LogP) is 1.33. The van der Waals surface area contributed by atoms with Crippen molar-refractivity contribution in [3.05, 3.63) is 29.8 Å². The molecule has 0 radical (unpaired) electrons. The fourth-order valence-electron chi connectivity index (χ4n) is 3.11. The number of nitrogens with zero attached hydrogens (tertiary/aromatic N) is 1. The van der Waals surface area contributed by atoms with Crippen LogP contribution < -0.4 is 5.32 Å². The van der Waals surface area contributed by atoms with Gasteiger partial charge in [-0.3, -0.25) is 4.79 Å². The van der Waals surface area contributed by atoms with E-state index >= 15 is 0 Å². The van der Waals surface area contributed by atoms with E-state index in [-0.39, 0.29) is 35.4 Å². The molecule has 1 heterocycles. The second kappa shape index (κ2) is 8.37. The number of piperidine rings is 1. The first-order chi connectivity index (χ1) is 12.6. The lowest BCUT2D eigenvalue weighted by Crippen LogP contribution is -2.51. The van der Waals surface area contributed by atoms with E-state index in [1.54, 1.807) is 7.11 Å². The highest BCUT2D eigenvalue weighted by atomic mass is 32.2. The first-order valence-electron chi connectivity index (χ1n) is 8.71. The second-order valence-electron chi connectivity index (χ2n) is 7.31. The largest absolute Gasteiger partial charge is 0.478 e. The molecule has 1 aromatic rings. The maximum atomic E-state index is 12.7. The Balaban J connectivity index is 1.99. The van der Waals surface area contributed by atoms with Gasteiger partial charge in [-0.2, -0.15) is 4.31 Å². The van der Waals surface area contributed by atoms with Crippen LogP contribution in [-0.2, 0) is 19.6 Å². The molecule has 1 aliphatic heterocycles. The number of methoxy groups -OCH3 is 1. The molecule has 1 aromatic carbocycles. The Kier molecular flexibility index (Phi) is 6.61. The lowest BCUT2D eigenvalue weighted by atomic mass is 9.95. The van der Waals surface area contributed by atoms with E-state index in [1.807, 2.05) is 13.8 Å². The molecule has 0 atom stereocenters. The lowest BCUT2D eigenvalue weighted by Gasteiger charge is -2.33. The van der Waals surface area contributed by atoms with Gasteiger partial charge in [0.2, 0.25) is 15.9 Å². The summed E-state index contributed by atoms with van der Waals surface area (Å²) in [6, 6.07) is 5.14. The van der Waals surface area contributed by atoms with Gasteiger partial charge in [-0.15, -0.1) is 0 Å². The third-order valence-electron chi connectivity index (χ3n) is 4.53. The van der Waals surface area contributed by atoms with Crippen molar-refractivity contribution in [3.63, 3.8) is 0 Å². The third-order valence-corrected chi connectivity index (χ3v) is 6.44. The molecule has 27 heavy (non-hydrogen) atoms. The fourth-order valence-corrected chi connectivity index (χ4v) is 4.58. The van der Waals surface area contributed by atoms with Gasteiger partial charge in [0, 0.05) is 26.1 Å². The van der Waals surface area contributed by atoms with Gasteiger partial charge < -0.3 is 15.2 Å². The van der Waals surface area contributed by atoms with E-state index in [1.165, 1.54) is 28.6 Å². The van der Waals surface area contributed by atoms with Crippen LogP contribution in [0, 0.1) is 5.92 Å². The molecule has 1 amide bonds. The summed E-state index contributed by atoms with van der Waals surface area (Å²) in [6.07, 6.45) is 0.864. The van der Waals surface area contributed by atoms with E-state index in [9.17, 15) is 18.0 Å². The van der Waals surface area contributed by atoms with Crippen molar-refractivity contribution in [2.24, 2.45) is 5.92 Å². The Morgan fingerprint density at radius 3 is 2.26 bits per heavy atom. The van der Waals surface area contributed by atoms with Crippen LogP contribution >= 0.6 is 0 Å².